The van der Waals surface area contributed by atoms with Crippen LogP contribution in [0.15, 0.2) is 29.4 Å². The Kier molecular flexibility index (Phi) is 5.81. The van der Waals surface area contributed by atoms with E-state index in [-0.39, 0.29) is 23.4 Å². The average molecular weight is 486 g/mol. The fourth-order valence-electron chi connectivity index (χ4n) is 4.17. The van der Waals surface area contributed by atoms with E-state index >= 15 is 0 Å². The third-order valence-electron chi connectivity index (χ3n) is 5.92. The number of aryl methyl sites for hydroxylation is 2. The van der Waals surface area contributed by atoms with Crippen LogP contribution in [0.3, 0.4) is 0 Å². The van der Waals surface area contributed by atoms with Gasteiger partial charge in [-0.05, 0) is 48.6 Å². The average Bonchev–Trinajstić information content (AvgIpc) is 3.37. The number of benzene rings is 1. The molecule has 34 heavy (non-hydrogen) atoms. The van der Waals surface area contributed by atoms with Crippen LogP contribution in [0.4, 0.5) is 26.3 Å². The van der Waals surface area contributed by atoms with E-state index in [1.54, 1.807) is 25.1 Å². The maximum Gasteiger partial charge on any atom is 0.451 e. The molecular formula is C22H20F6N4O2. The second kappa shape index (κ2) is 8.24. The van der Waals surface area contributed by atoms with Gasteiger partial charge in [0.25, 0.3) is 5.60 Å². The molecule has 4 rings (SSSR count). The molecule has 0 bridgehead atoms. The van der Waals surface area contributed by atoms with Crippen LogP contribution in [0.1, 0.15) is 66.1 Å². The maximum atomic E-state index is 14.2. The summed E-state index contributed by atoms with van der Waals surface area (Å²) in [5.74, 6) is -1.79. The summed E-state index contributed by atoms with van der Waals surface area (Å²) >= 11 is 0. The Balaban J connectivity index is 1.66. The molecule has 6 nitrogen and oxygen atoms in total. The highest BCUT2D eigenvalue weighted by Crippen LogP contribution is 2.49. The molecule has 1 aliphatic heterocycles. The van der Waals surface area contributed by atoms with E-state index in [4.69, 9.17) is 4.84 Å². The van der Waals surface area contributed by atoms with Gasteiger partial charge in [0.1, 0.15) is 5.69 Å². The van der Waals surface area contributed by atoms with Crippen molar-refractivity contribution in [3.8, 4) is 0 Å². The number of oxime groups is 1. The van der Waals surface area contributed by atoms with Crippen LogP contribution >= 0.6 is 0 Å². The van der Waals surface area contributed by atoms with Gasteiger partial charge in [0.15, 0.2) is 0 Å². The number of carbonyl (C=O) groups is 1. The van der Waals surface area contributed by atoms with Crippen molar-refractivity contribution in [1.82, 2.24) is 15.3 Å². The Bertz CT molecular complexity index is 1160. The minimum Gasteiger partial charge on any atom is -0.372 e. The van der Waals surface area contributed by atoms with Crippen LogP contribution in [0.2, 0.25) is 0 Å². The van der Waals surface area contributed by atoms with Gasteiger partial charge >= 0.3 is 12.4 Å². The summed E-state index contributed by atoms with van der Waals surface area (Å²) in [6.07, 6.45) is -9.39. The molecule has 0 saturated heterocycles. The molecule has 2 atom stereocenters. The molecule has 12 heteroatoms. The topological polar surface area (TPSA) is 76.5 Å². The molecule has 0 fully saturated rings. The highest BCUT2D eigenvalue weighted by Gasteiger charge is 2.64. The lowest BCUT2D eigenvalue weighted by molar-refractivity contribution is -0.277. The predicted molar refractivity (Wildman–Crippen MR) is 108 cm³/mol. The van der Waals surface area contributed by atoms with E-state index in [9.17, 15) is 31.1 Å². The zero-order chi connectivity index (χ0) is 24.9. The zero-order valence-corrected chi connectivity index (χ0v) is 18.1. The number of hydrogen-bond donors (Lipinski definition) is 1. The number of alkyl halides is 6. The standard InChI is InChI=1S/C22H20F6N4O2/c1-3-18(33)30-15-7-5-12-9-13(4-6-14(12)15)16-10-20(34-32-16,22(26,27)28)17-8-11(2)29-19(31-17)21(23,24)25/h4,6,8-9,15H,3,5,7,10H2,1-2H3,(H,30,33). The summed E-state index contributed by atoms with van der Waals surface area (Å²) in [7, 11) is 0. The first-order chi connectivity index (χ1) is 15.8. The van der Waals surface area contributed by atoms with Crippen LogP contribution in [0, 0.1) is 6.92 Å². The maximum absolute atomic E-state index is 14.2. The predicted octanol–water partition coefficient (Wildman–Crippen LogP) is 4.90. The van der Waals surface area contributed by atoms with Gasteiger partial charge in [0.05, 0.1) is 18.2 Å². The number of nitrogens with zero attached hydrogens (tertiary/aromatic N) is 3. The zero-order valence-electron chi connectivity index (χ0n) is 18.1. The first-order valence-corrected chi connectivity index (χ1v) is 10.5. The first-order valence-electron chi connectivity index (χ1n) is 10.5. The number of amides is 1. The number of fused-ring (bicyclic) bond motifs is 1. The monoisotopic (exact) mass is 486 g/mol. The molecule has 2 unspecified atom stereocenters. The highest BCUT2D eigenvalue weighted by molar-refractivity contribution is 6.02. The molecule has 182 valence electrons. The van der Waals surface area contributed by atoms with Gasteiger partial charge in [-0.2, -0.15) is 26.3 Å². The van der Waals surface area contributed by atoms with E-state index in [2.05, 4.69) is 20.4 Å². The minimum atomic E-state index is -5.10. The molecule has 1 aromatic heterocycles. The van der Waals surface area contributed by atoms with Crippen molar-refractivity contribution in [2.75, 3.05) is 0 Å². The van der Waals surface area contributed by atoms with Crippen molar-refractivity contribution in [1.29, 1.82) is 0 Å². The summed E-state index contributed by atoms with van der Waals surface area (Å²) in [5.41, 5.74) is -2.40. The Morgan fingerprint density at radius 3 is 2.56 bits per heavy atom. The van der Waals surface area contributed by atoms with Crippen molar-refractivity contribution in [3.63, 3.8) is 0 Å². The first kappa shape index (κ1) is 24.0. The van der Waals surface area contributed by atoms with Gasteiger partial charge in [0.2, 0.25) is 11.7 Å². The quantitative estimate of drug-likeness (QED) is 0.624. The molecular weight excluding hydrogens is 466 g/mol. The molecule has 1 amide bonds. The molecule has 0 radical (unpaired) electrons. The Labute approximate surface area is 190 Å². The van der Waals surface area contributed by atoms with Gasteiger partial charge < -0.3 is 10.2 Å². The van der Waals surface area contributed by atoms with Crippen LogP contribution in [-0.4, -0.2) is 27.8 Å². The van der Waals surface area contributed by atoms with E-state index in [0.717, 1.165) is 24.1 Å². The van der Waals surface area contributed by atoms with E-state index in [1.807, 2.05) is 0 Å². The molecule has 2 heterocycles. The van der Waals surface area contributed by atoms with E-state index in [1.165, 1.54) is 0 Å². The Morgan fingerprint density at radius 2 is 1.91 bits per heavy atom. The molecule has 0 spiro atoms. The van der Waals surface area contributed by atoms with E-state index in [0.29, 0.717) is 24.8 Å². The lowest BCUT2D eigenvalue weighted by Gasteiger charge is -2.29. The molecule has 0 saturated carbocycles. The van der Waals surface area contributed by atoms with Crippen molar-refractivity contribution in [2.45, 2.75) is 63.5 Å². The molecule has 1 aliphatic carbocycles. The SMILES string of the molecule is CCC(=O)NC1CCc2cc(C3=NOC(c4cc(C)nc(C(F)(F)F)n4)(C(F)(F)F)C3)ccc21. The summed E-state index contributed by atoms with van der Waals surface area (Å²) in [6, 6.07) is 5.60. The third kappa shape index (κ3) is 4.21. The second-order valence-electron chi connectivity index (χ2n) is 8.27. The number of hydrogen-bond acceptors (Lipinski definition) is 5. The van der Waals surface area contributed by atoms with Crippen molar-refractivity contribution >= 4 is 11.6 Å². The second-order valence-corrected chi connectivity index (χ2v) is 8.27. The summed E-state index contributed by atoms with van der Waals surface area (Å²) in [6.45, 7) is 2.88. The molecule has 1 N–H and O–H groups in total. The summed E-state index contributed by atoms with van der Waals surface area (Å²) < 4.78 is 82.1. The van der Waals surface area contributed by atoms with Gasteiger partial charge in [-0.3, -0.25) is 4.79 Å². The number of halogens is 6. The highest BCUT2D eigenvalue weighted by atomic mass is 19.4. The van der Waals surface area contributed by atoms with Crippen molar-refractivity contribution in [3.05, 3.63) is 58.2 Å². The smallest absolute Gasteiger partial charge is 0.372 e. The number of nitrogens with one attached hydrogen (secondary N) is 1. The van der Waals surface area contributed by atoms with Gasteiger partial charge in [-0.25, -0.2) is 9.97 Å². The number of rotatable bonds is 4. The van der Waals surface area contributed by atoms with Gasteiger partial charge in [0, 0.05) is 12.1 Å². The van der Waals surface area contributed by atoms with Gasteiger partial charge in [-0.1, -0.05) is 24.2 Å². The van der Waals surface area contributed by atoms with Crippen LogP contribution in [0.5, 0.6) is 0 Å². The number of aromatic nitrogens is 2. The fourth-order valence-corrected chi connectivity index (χ4v) is 4.17. The van der Waals surface area contributed by atoms with E-state index < -0.39 is 35.9 Å². The third-order valence-corrected chi connectivity index (χ3v) is 5.92. The Morgan fingerprint density at radius 1 is 1.18 bits per heavy atom. The summed E-state index contributed by atoms with van der Waals surface area (Å²) in [5, 5.41) is 6.52. The molecule has 2 aromatic rings. The van der Waals surface area contributed by atoms with Crippen LogP contribution < -0.4 is 5.32 Å². The minimum absolute atomic E-state index is 0.0639. The number of carbonyl (C=O) groups excluding carboxylic acids is 1. The van der Waals surface area contributed by atoms with Crippen molar-refractivity contribution < 1.29 is 36.0 Å². The fraction of sp³-hybridized carbons (Fsp3) is 0.455. The lowest BCUT2D eigenvalue weighted by Crippen LogP contribution is -2.44. The molecule has 2 aliphatic rings. The normalized spacial score (nSPS) is 22.2. The lowest BCUT2D eigenvalue weighted by atomic mass is 9.89. The summed E-state index contributed by atoms with van der Waals surface area (Å²) in [4.78, 5) is 22.9. The van der Waals surface area contributed by atoms with Crippen LogP contribution in [-0.2, 0) is 27.8 Å². The largest absolute Gasteiger partial charge is 0.451 e. The Hall–Kier alpha value is -3.18. The van der Waals surface area contributed by atoms with Gasteiger partial charge in [-0.15, -0.1) is 0 Å². The van der Waals surface area contributed by atoms with Crippen LogP contribution in [0.25, 0.3) is 0 Å². The van der Waals surface area contributed by atoms with Crippen molar-refractivity contribution in [2.24, 2.45) is 5.16 Å². The molecule has 1 aromatic carbocycles.